The maximum atomic E-state index is 13.0. The van der Waals surface area contributed by atoms with E-state index in [9.17, 15) is 14.3 Å². The van der Waals surface area contributed by atoms with Crippen molar-refractivity contribution >= 4 is 5.91 Å². The highest BCUT2D eigenvalue weighted by molar-refractivity contribution is 5.92. The van der Waals surface area contributed by atoms with Gasteiger partial charge in [0.2, 0.25) is 5.95 Å². The van der Waals surface area contributed by atoms with Gasteiger partial charge in [-0.25, -0.2) is 4.98 Å². The standard InChI is InChI=1S/C14H20FN3O2/c1-14(2,20)10-17-6-8-18(9-7-17)13(19)11-4-3-5-12(15)16-11/h3-5,20H,6-10H2,1-2H3. The lowest BCUT2D eigenvalue weighted by Crippen LogP contribution is -2.52. The van der Waals surface area contributed by atoms with Gasteiger partial charge in [0.15, 0.2) is 0 Å². The zero-order valence-electron chi connectivity index (χ0n) is 11.8. The van der Waals surface area contributed by atoms with Crippen LogP contribution in [0.2, 0.25) is 0 Å². The van der Waals surface area contributed by atoms with E-state index < -0.39 is 11.5 Å². The Morgan fingerprint density at radius 3 is 2.55 bits per heavy atom. The number of nitrogens with zero attached hydrogens (tertiary/aromatic N) is 3. The molecule has 1 aromatic rings. The summed E-state index contributed by atoms with van der Waals surface area (Å²) in [5.74, 6) is -0.885. The van der Waals surface area contributed by atoms with Crippen LogP contribution >= 0.6 is 0 Å². The second-order valence-corrected chi connectivity index (χ2v) is 5.73. The monoisotopic (exact) mass is 281 g/mol. The Balaban J connectivity index is 1.92. The van der Waals surface area contributed by atoms with Crippen molar-refractivity contribution in [1.29, 1.82) is 0 Å². The van der Waals surface area contributed by atoms with Crippen molar-refractivity contribution in [3.63, 3.8) is 0 Å². The van der Waals surface area contributed by atoms with Gasteiger partial charge in [-0.15, -0.1) is 0 Å². The maximum absolute atomic E-state index is 13.0. The van der Waals surface area contributed by atoms with Gasteiger partial charge in [-0.05, 0) is 26.0 Å². The lowest BCUT2D eigenvalue weighted by Gasteiger charge is -2.37. The first kappa shape index (κ1) is 14.9. The first-order valence-electron chi connectivity index (χ1n) is 6.72. The van der Waals surface area contributed by atoms with Crippen molar-refractivity contribution in [2.75, 3.05) is 32.7 Å². The fourth-order valence-electron chi connectivity index (χ4n) is 2.35. The molecule has 2 rings (SSSR count). The minimum atomic E-state index is -0.740. The summed E-state index contributed by atoms with van der Waals surface area (Å²) < 4.78 is 13.0. The number of halogens is 1. The van der Waals surface area contributed by atoms with Crippen LogP contribution in [0.3, 0.4) is 0 Å². The zero-order chi connectivity index (χ0) is 14.8. The van der Waals surface area contributed by atoms with Gasteiger partial charge in [0.1, 0.15) is 5.69 Å². The van der Waals surface area contributed by atoms with Crippen LogP contribution < -0.4 is 0 Å². The number of carbonyl (C=O) groups is 1. The Hall–Kier alpha value is -1.53. The number of pyridine rings is 1. The predicted octanol–water partition coefficient (Wildman–Crippen LogP) is 0.749. The molecular formula is C14H20FN3O2. The van der Waals surface area contributed by atoms with E-state index in [1.807, 2.05) is 0 Å². The number of rotatable bonds is 3. The number of aliphatic hydroxyl groups is 1. The number of β-amino-alcohol motifs (C(OH)–C–C–N with tert-alkyl or cyclic N) is 1. The fraction of sp³-hybridized carbons (Fsp3) is 0.571. The second kappa shape index (κ2) is 5.85. The summed E-state index contributed by atoms with van der Waals surface area (Å²) in [6.07, 6.45) is 0. The van der Waals surface area contributed by atoms with Crippen molar-refractivity contribution in [2.45, 2.75) is 19.4 Å². The molecule has 0 radical (unpaired) electrons. The van der Waals surface area contributed by atoms with E-state index in [4.69, 9.17) is 0 Å². The third kappa shape index (κ3) is 3.98. The first-order valence-corrected chi connectivity index (χ1v) is 6.72. The van der Waals surface area contributed by atoms with E-state index in [0.717, 1.165) is 0 Å². The number of hydrogen-bond donors (Lipinski definition) is 1. The van der Waals surface area contributed by atoms with Crippen molar-refractivity contribution in [1.82, 2.24) is 14.8 Å². The molecule has 0 aliphatic carbocycles. The number of amides is 1. The molecule has 5 nitrogen and oxygen atoms in total. The molecule has 1 aliphatic heterocycles. The molecular weight excluding hydrogens is 261 g/mol. The van der Waals surface area contributed by atoms with E-state index in [0.29, 0.717) is 32.7 Å². The van der Waals surface area contributed by atoms with Crippen LogP contribution in [-0.4, -0.2) is 64.1 Å². The number of hydrogen-bond acceptors (Lipinski definition) is 4. The third-order valence-electron chi connectivity index (χ3n) is 3.20. The van der Waals surface area contributed by atoms with Crippen LogP contribution in [0, 0.1) is 5.95 Å². The highest BCUT2D eigenvalue weighted by Gasteiger charge is 2.26. The molecule has 1 aromatic heterocycles. The van der Waals surface area contributed by atoms with Gasteiger partial charge in [-0.1, -0.05) is 6.07 Å². The van der Waals surface area contributed by atoms with Gasteiger partial charge in [0, 0.05) is 32.7 Å². The van der Waals surface area contributed by atoms with Gasteiger partial charge in [0.05, 0.1) is 5.60 Å². The van der Waals surface area contributed by atoms with E-state index in [1.165, 1.54) is 18.2 Å². The van der Waals surface area contributed by atoms with Crippen LogP contribution in [0.25, 0.3) is 0 Å². The van der Waals surface area contributed by atoms with Crippen molar-refractivity contribution < 1.29 is 14.3 Å². The van der Waals surface area contributed by atoms with E-state index >= 15 is 0 Å². The predicted molar refractivity (Wildman–Crippen MR) is 72.8 cm³/mol. The van der Waals surface area contributed by atoms with Crippen LogP contribution in [0.1, 0.15) is 24.3 Å². The topological polar surface area (TPSA) is 56.7 Å². The molecule has 0 unspecified atom stereocenters. The number of carbonyl (C=O) groups excluding carboxylic acids is 1. The molecule has 0 aromatic carbocycles. The summed E-state index contributed by atoms with van der Waals surface area (Å²) in [6.45, 7) is 6.63. The average molecular weight is 281 g/mol. The maximum Gasteiger partial charge on any atom is 0.272 e. The highest BCUT2D eigenvalue weighted by Crippen LogP contribution is 2.11. The summed E-state index contributed by atoms with van der Waals surface area (Å²) >= 11 is 0. The van der Waals surface area contributed by atoms with Crippen LogP contribution in [0.15, 0.2) is 18.2 Å². The fourth-order valence-corrected chi connectivity index (χ4v) is 2.35. The average Bonchev–Trinajstić information content (AvgIpc) is 2.37. The summed E-state index contributed by atoms with van der Waals surface area (Å²) in [4.78, 5) is 19.6. The molecule has 110 valence electrons. The largest absolute Gasteiger partial charge is 0.389 e. The highest BCUT2D eigenvalue weighted by atomic mass is 19.1. The smallest absolute Gasteiger partial charge is 0.272 e. The van der Waals surface area contributed by atoms with E-state index in [1.54, 1.807) is 18.7 Å². The second-order valence-electron chi connectivity index (χ2n) is 5.73. The van der Waals surface area contributed by atoms with Gasteiger partial charge < -0.3 is 10.0 Å². The molecule has 0 saturated carbocycles. The van der Waals surface area contributed by atoms with Gasteiger partial charge in [0.25, 0.3) is 5.91 Å². The molecule has 6 heteroatoms. The molecule has 1 fully saturated rings. The zero-order valence-corrected chi connectivity index (χ0v) is 11.8. The van der Waals surface area contributed by atoms with Crippen LogP contribution in [0.4, 0.5) is 4.39 Å². The summed E-state index contributed by atoms with van der Waals surface area (Å²) in [5, 5.41) is 9.78. The van der Waals surface area contributed by atoms with Gasteiger partial charge >= 0.3 is 0 Å². The Morgan fingerprint density at radius 2 is 2.00 bits per heavy atom. The molecule has 0 atom stereocenters. The molecule has 1 N–H and O–H groups in total. The number of aromatic nitrogens is 1. The Kier molecular flexibility index (Phi) is 4.35. The molecule has 2 heterocycles. The molecule has 1 saturated heterocycles. The Bertz CT molecular complexity index is 480. The van der Waals surface area contributed by atoms with Crippen molar-refractivity contribution in [3.05, 3.63) is 29.8 Å². The van der Waals surface area contributed by atoms with Gasteiger partial charge in [-0.3, -0.25) is 9.69 Å². The SMILES string of the molecule is CC(C)(O)CN1CCN(C(=O)c2cccc(F)n2)CC1. The van der Waals surface area contributed by atoms with Crippen molar-refractivity contribution in [2.24, 2.45) is 0 Å². The van der Waals surface area contributed by atoms with E-state index in [2.05, 4.69) is 9.88 Å². The normalized spacial score (nSPS) is 17.3. The minimum Gasteiger partial charge on any atom is -0.389 e. The third-order valence-corrected chi connectivity index (χ3v) is 3.20. The molecule has 1 amide bonds. The molecule has 20 heavy (non-hydrogen) atoms. The summed E-state index contributed by atoms with van der Waals surface area (Å²) in [5.41, 5.74) is -0.600. The summed E-state index contributed by atoms with van der Waals surface area (Å²) in [6, 6.07) is 4.23. The summed E-state index contributed by atoms with van der Waals surface area (Å²) in [7, 11) is 0. The minimum absolute atomic E-state index is 0.140. The lowest BCUT2D eigenvalue weighted by molar-refractivity contribution is 0.0177. The quantitative estimate of drug-likeness (QED) is 0.831. The number of piperazine rings is 1. The van der Waals surface area contributed by atoms with Crippen LogP contribution in [0.5, 0.6) is 0 Å². The molecule has 1 aliphatic rings. The van der Waals surface area contributed by atoms with Gasteiger partial charge in [-0.2, -0.15) is 4.39 Å². The Labute approximate surface area is 118 Å². The van der Waals surface area contributed by atoms with Crippen LogP contribution in [-0.2, 0) is 0 Å². The lowest BCUT2D eigenvalue weighted by atomic mass is 10.1. The molecule has 0 spiro atoms. The molecule has 0 bridgehead atoms. The first-order chi connectivity index (χ1) is 9.35. The Morgan fingerprint density at radius 1 is 1.35 bits per heavy atom. The van der Waals surface area contributed by atoms with E-state index in [-0.39, 0.29) is 11.6 Å². The van der Waals surface area contributed by atoms with Crippen molar-refractivity contribution in [3.8, 4) is 0 Å².